The van der Waals surface area contributed by atoms with E-state index in [-0.39, 0.29) is 5.54 Å². The van der Waals surface area contributed by atoms with E-state index in [2.05, 4.69) is 18.8 Å². The highest BCUT2D eigenvalue weighted by molar-refractivity contribution is 5.95. The molecule has 0 fully saturated rings. The standard InChI is InChI=1S/C13H17NO/c1-3-9-13(2)10-15-12(14-13)11-7-5-4-6-8-11/h4-8H,3,9-10H2,1-2H3/t13-/m0/s1. The van der Waals surface area contributed by atoms with E-state index in [1.54, 1.807) is 0 Å². The van der Waals surface area contributed by atoms with Gasteiger partial charge < -0.3 is 4.74 Å². The fourth-order valence-electron chi connectivity index (χ4n) is 1.93. The molecule has 1 aromatic rings. The van der Waals surface area contributed by atoms with E-state index in [1.165, 1.54) is 0 Å². The second-order valence-electron chi connectivity index (χ2n) is 4.32. The first-order valence-corrected chi connectivity index (χ1v) is 5.51. The number of benzene rings is 1. The third kappa shape index (κ3) is 2.20. The van der Waals surface area contributed by atoms with E-state index in [4.69, 9.17) is 4.74 Å². The van der Waals surface area contributed by atoms with Gasteiger partial charge in [0.25, 0.3) is 0 Å². The maximum Gasteiger partial charge on any atom is 0.216 e. The number of hydrogen-bond donors (Lipinski definition) is 0. The number of nitrogens with zero attached hydrogens (tertiary/aromatic N) is 1. The zero-order valence-electron chi connectivity index (χ0n) is 9.36. The number of aliphatic imine (C=N–C) groups is 1. The fraction of sp³-hybridized carbons (Fsp3) is 0.462. The maximum absolute atomic E-state index is 5.66. The summed E-state index contributed by atoms with van der Waals surface area (Å²) in [5, 5.41) is 0. The van der Waals surface area contributed by atoms with Crippen molar-refractivity contribution in [1.82, 2.24) is 0 Å². The molecule has 1 aromatic carbocycles. The molecule has 2 heteroatoms. The number of ether oxygens (including phenoxy) is 1. The van der Waals surface area contributed by atoms with Crippen LogP contribution in [-0.2, 0) is 4.74 Å². The lowest BCUT2D eigenvalue weighted by Gasteiger charge is -2.15. The van der Waals surface area contributed by atoms with Gasteiger partial charge in [-0.05, 0) is 25.5 Å². The maximum atomic E-state index is 5.66. The summed E-state index contributed by atoms with van der Waals surface area (Å²) < 4.78 is 5.66. The van der Waals surface area contributed by atoms with Gasteiger partial charge in [0.2, 0.25) is 5.90 Å². The monoisotopic (exact) mass is 203 g/mol. The van der Waals surface area contributed by atoms with Crippen molar-refractivity contribution in [3.05, 3.63) is 35.9 Å². The van der Waals surface area contributed by atoms with E-state index in [0.717, 1.165) is 24.3 Å². The van der Waals surface area contributed by atoms with Gasteiger partial charge in [0.15, 0.2) is 0 Å². The van der Waals surface area contributed by atoms with Crippen LogP contribution >= 0.6 is 0 Å². The smallest absolute Gasteiger partial charge is 0.216 e. The van der Waals surface area contributed by atoms with Crippen LogP contribution in [0, 0.1) is 0 Å². The van der Waals surface area contributed by atoms with Crippen LogP contribution in [0.15, 0.2) is 35.3 Å². The molecule has 0 saturated heterocycles. The van der Waals surface area contributed by atoms with E-state index in [0.29, 0.717) is 6.61 Å². The zero-order valence-corrected chi connectivity index (χ0v) is 9.36. The van der Waals surface area contributed by atoms with Crippen LogP contribution in [0.25, 0.3) is 0 Å². The van der Waals surface area contributed by atoms with Crippen molar-refractivity contribution in [2.45, 2.75) is 32.2 Å². The van der Waals surface area contributed by atoms with Crippen molar-refractivity contribution in [2.24, 2.45) is 4.99 Å². The first-order valence-electron chi connectivity index (χ1n) is 5.51. The first-order chi connectivity index (χ1) is 7.23. The Labute approximate surface area is 91.0 Å². The normalized spacial score (nSPS) is 24.8. The lowest BCUT2D eigenvalue weighted by atomic mass is 9.99. The minimum absolute atomic E-state index is 0.0140. The minimum atomic E-state index is -0.0140. The molecule has 1 heterocycles. The molecule has 0 N–H and O–H groups in total. The van der Waals surface area contributed by atoms with Crippen molar-refractivity contribution >= 4 is 5.90 Å². The van der Waals surface area contributed by atoms with E-state index >= 15 is 0 Å². The molecule has 15 heavy (non-hydrogen) atoms. The van der Waals surface area contributed by atoms with Gasteiger partial charge in [-0.1, -0.05) is 31.5 Å². The molecule has 0 spiro atoms. The van der Waals surface area contributed by atoms with Gasteiger partial charge in [-0.3, -0.25) is 0 Å². The molecule has 0 aromatic heterocycles. The van der Waals surface area contributed by atoms with Gasteiger partial charge in [0, 0.05) is 5.56 Å². The van der Waals surface area contributed by atoms with Crippen LogP contribution in [0.5, 0.6) is 0 Å². The number of hydrogen-bond acceptors (Lipinski definition) is 2. The second-order valence-corrected chi connectivity index (χ2v) is 4.32. The lowest BCUT2D eigenvalue weighted by Crippen LogP contribution is -2.22. The van der Waals surface area contributed by atoms with Crippen molar-refractivity contribution in [2.75, 3.05) is 6.61 Å². The minimum Gasteiger partial charge on any atom is -0.475 e. The molecule has 2 nitrogen and oxygen atoms in total. The molecule has 0 radical (unpaired) electrons. The van der Waals surface area contributed by atoms with Gasteiger partial charge in [-0.15, -0.1) is 0 Å². The van der Waals surface area contributed by atoms with E-state index in [1.807, 2.05) is 30.3 Å². The van der Waals surface area contributed by atoms with E-state index in [9.17, 15) is 0 Å². The first kappa shape index (κ1) is 10.2. The Hall–Kier alpha value is -1.31. The van der Waals surface area contributed by atoms with Crippen LogP contribution < -0.4 is 0 Å². The molecule has 1 atom stereocenters. The fourth-order valence-corrected chi connectivity index (χ4v) is 1.93. The average molecular weight is 203 g/mol. The molecule has 1 aliphatic heterocycles. The summed E-state index contributed by atoms with van der Waals surface area (Å²) in [4.78, 5) is 4.67. The summed E-state index contributed by atoms with van der Waals surface area (Å²) in [6, 6.07) is 10.1. The summed E-state index contributed by atoms with van der Waals surface area (Å²) in [7, 11) is 0. The lowest BCUT2D eigenvalue weighted by molar-refractivity contribution is 0.257. The summed E-state index contributed by atoms with van der Waals surface area (Å²) in [5.74, 6) is 0.798. The van der Waals surface area contributed by atoms with Gasteiger partial charge in [0.1, 0.15) is 6.61 Å². The Morgan fingerprint density at radius 2 is 2.07 bits per heavy atom. The van der Waals surface area contributed by atoms with Crippen LogP contribution in [-0.4, -0.2) is 18.0 Å². The van der Waals surface area contributed by atoms with Gasteiger partial charge in [0.05, 0.1) is 5.54 Å². The third-order valence-electron chi connectivity index (χ3n) is 2.70. The summed E-state index contributed by atoms with van der Waals surface area (Å²) in [5.41, 5.74) is 1.07. The molecule has 80 valence electrons. The van der Waals surface area contributed by atoms with Crippen molar-refractivity contribution in [3.8, 4) is 0 Å². The summed E-state index contributed by atoms with van der Waals surface area (Å²) >= 11 is 0. The Morgan fingerprint density at radius 3 is 2.73 bits per heavy atom. The predicted molar refractivity (Wildman–Crippen MR) is 62.2 cm³/mol. The quantitative estimate of drug-likeness (QED) is 0.740. The van der Waals surface area contributed by atoms with Crippen molar-refractivity contribution < 1.29 is 4.74 Å². The van der Waals surface area contributed by atoms with E-state index < -0.39 is 0 Å². The second kappa shape index (κ2) is 4.05. The van der Waals surface area contributed by atoms with Crippen molar-refractivity contribution in [3.63, 3.8) is 0 Å². The molecule has 0 bridgehead atoms. The molecule has 1 aliphatic rings. The van der Waals surface area contributed by atoms with Crippen LogP contribution in [0.4, 0.5) is 0 Å². The summed E-state index contributed by atoms with van der Waals surface area (Å²) in [6.45, 7) is 5.05. The van der Waals surface area contributed by atoms with Crippen molar-refractivity contribution in [1.29, 1.82) is 0 Å². The largest absolute Gasteiger partial charge is 0.475 e. The SMILES string of the molecule is CCC[C@@]1(C)COC(c2ccccc2)=N1. The van der Waals surface area contributed by atoms with Crippen LogP contribution in [0.1, 0.15) is 32.3 Å². The molecule has 0 aliphatic carbocycles. The number of rotatable bonds is 3. The highest BCUT2D eigenvalue weighted by Gasteiger charge is 2.30. The Bertz CT molecular complexity index is 358. The highest BCUT2D eigenvalue weighted by atomic mass is 16.5. The average Bonchev–Trinajstić information content (AvgIpc) is 2.63. The zero-order chi connectivity index (χ0) is 10.7. The molecular weight excluding hydrogens is 186 g/mol. The van der Waals surface area contributed by atoms with Crippen LogP contribution in [0.3, 0.4) is 0 Å². The third-order valence-corrected chi connectivity index (χ3v) is 2.70. The van der Waals surface area contributed by atoms with Crippen LogP contribution in [0.2, 0.25) is 0 Å². The molecule has 2 rings (SSSR count). The topological polar surface area (TPSA) is 21.6 Å². The highest BCUT2D eigenvalue weighted by Crippen LogP contribution is 2.25. The summed E-state index contributed by atoms with van der Waals surface area (Å²) in [6.07, 6.45) is 2.23. The van der Waals surface area contributed by atoms with Gasteiger partial charge in [-0.25, -0.2) is 4.99 Å². The Balaban J connectivity index is 2.20. The molecule has 0 unspecified atom stereocenters. The van der Waals surface area contributed by atoms with Gasteiger partial charge >= 0.3 is 0 Å². The van der Waals surface area contributed by atoms with Gasteiger partial charge in [-0.2, -0.15) is 0 Å². The molecule has 0 saturated carbocycles. The molecular formula is C13H17NO. The Morgan fingerprint density at radius 1 is 1.33 bits per heavy atom. The predicted octanol–water partition coefficient (Wildman–Crippen LogP) is 3.02. The Kier molecular flexibility index (Phi) is 2.76. The molecule has 0 amide bonds.